The van der Waals surface area contributed by atoms with E-state index in [-0.39, 0.29) is 12.8 Å². The highest BCUT2D eigenvalue weighted by molar-refractivity contribution is 5.92. The van der Waals surface area contributed by atoms with E-state index in [9.17, 15) is 14.4 Å². The summed E-state index contributed by atoms with van der Waals surface area (Å²) in [6.45, 7) is 1.76. The van der Waals surface area contributed by atoms with E-state index in [0.29, 0.717) is 5.69 Å². The summed E-state index contributed by atoms with van der Waals surface area (Å²) in [4.78, 5) is 36.8. The fourth-order valence-electron chi connectivity index (χ4n) is 1.44. The Kier molecular flexibility index (Phi) is 5.45. The normalized spacial score (nSPS) is 11.4. The van der Waals surface area contributed by atoms with Crippen LogP contribution in [-0.2, 0) is 9.59 Å². The zero-order chi connectivity index (χ0) is 15.1. The Balaban J connectivity index is 2.60. The molecule has 0 aliphatic rings. The number of aryl methyl sites for hydroxylation is 1. The minimum atomic E-state index is -1.29. The Labute approximate surface area is 114 Å². The van der Waals surface area contributed by atoms with Crippen molar-refractivity contribution in [3.63, 3.8) is 0 Å². The quantitative estimate of drug-likeness (QED) is 0.611. The Bertz CT molecular complexity index is 518. The first-order valence-corrected chi connectivity index (χ1v) is 5.83. The number of carboxylic acid groups (broad SMARTS) is 2. The van der Waals surface area contributed by atoms with Crippen molar-refractivity contribution in [2.24, 2.45) is 0 Å². The number of hydrogen-bond donors (Lipinski definition) is 4. The van der Waals surface area contributed by atoms with Crippen molar-refractivity contribution >= 4 is 23.7 Å². The Morgan fingerprint density at radius 3 is 2.60 bits per heavy atom. The molecule has 1 heterocycles. The molecule has 0 bridgehead atoms. The van der Waals surface area contributed by atoms with E-state index in [2.05, 4.69) is 15.6 Å². The monoisotopic (exact) mass is 281 g/mol. The Morgan fingerprint density at radius 2 is 2.05 bits per heavy atom. The van der Waals surface area contributed by atoms with Crippen molar-refractivity contribution in [2.45, 2.75) is 25.8 Å². The van der Waals surface area contributed by atoms with Crippen molar-refractivity contribution in [3.8, 4) is 0 Å². The highest BCUT2D eigenvalue weighted by atomic mass is 16.4. The molecule has 0 saturated heterocycles. The number of hydrogen-bond acceptors (Lipinski definition) is 4. The molecular formula is C12H15N3O5. The fourth-order valence-corrected chi connectivity index (χ4v) is 1.44. The largest absolute Gasteiger partial charge is 0.481 e. The van der Waals surface area contributed by atoms with Gasteiger partial charge in [0, 0.05) is 12.6 Å². The van der Waals surface area contributed by atoms with E-state index in [1.807, 2.05) is 0 Å². The second-order valence-electron chi connectivity index (χ2n) is 4.11. The summed E-state index contributed by atoms with van der Waals surface area (Å²) in [6.07, 6.45) is 2.46. The van der Waals surface area contributed by atoms with E-state index in [1.165, 1.54) is 6.20 Å². The van der Waals surface area contributed by atoms with Crippen molar-refractivity contribution in [1.82, 2.24) is 10.3 Å². The summed E-state index contributed by atoms with van der Waals surface area (Å²) >= 11 is 0. The molecule has 8 nitrogen and oxygen atoms in total. The molecule has 1 aromatic heterocycles. The minimum absolute atomic E-state index is 0.190. The summed E-state index contributed by atoms with van der Waals surface area (Å²) in [7, 11) is 0. The second kappa shape index (κ2) is 7.07. The Morgan fingerprint density at radius 1 is 1.35 bits per heavy atom. The maximum Gasteiger partial charge on any atom is 0.326 e. The van der Waals surface area contributed by atoms with Crippen LogP contribution in [0, 0.1) is 6.92 Å². The number of rotatable bonds is 6. The van der Waals surface area contributed by atoms with Crippen LogP contribution in [0.1, 0.15) is 18.4 Å². The number of carbonyl (C=O) groups is 3. The standard InChI is InChI=1S/C12H15N3O5/c1-7-4-5-13-6-9(7)15-12(20)14-8(11(18)19)2-3-10(16)17/h4-6,8H,2-3H2,1H3,(H,16,17)(H,18,19)(H2,14,15,20). The van der Waals surface area contributed by atoms with Gasteiger partial charge in [0.15, 0.2) is 0 Å². The number of aliphatic carboxylic acids is 2. The third-order valence-electron chi connectivity index (χ3n) is 2.54. The number of nitrogens with zero attached hydrogens (tertiary/aromatic N) is 1. The Hall–Kier alpha value is -2.64. The van der Waals surface area contributed by atoms with E-state index in [0.717, 1.165) is 5.56 Å². The van der Waals surface area contributed by atoms with Crippen LogP contribution in [0.2, 0.25) is 0 Å². The van der Waals surface area contributed by atoms with Gasteiger partial charge in [0.2, 0.25) is 0 Å². The van der Waals surface area contributed by atoms with E-state index < -0.39 is 24.0 Å². The molecule has 20 heavy (non-hydrogen) atoms. The van der Waals surface area contributed by atoms with Crippen LogP contribution in [0.5, 0.6) is 0 Å². The smallest absolute Gasteiger partial charge is 0.326 e. The predicted molar refractivity (Wildman–Crippen MR) is 69.4 cm³/mol. The van der Waals surface area contributed by atoms with Gasteiger partial charge in [-0.05, 0) is 25.0 Å². The van der Waals surface area contributed by atoms with Gasteiger partial charge < -0.3 is 20.8 Å². The number of amides is 2. The molecular weight excluding hydrogens is 266 g/mol. The van der Waals surface area contributed by atoms with Crippen LogP contribution in [0.3, 0.4) is 0 Å². The van der Waals surface area contributed by atoms with Gasteiger partial charge in [-0.25, -0.2) is 9.59 Å². The summed E-state index contributed by atoms with van der Waals surface area (Å²) in [5.74, 6) is -2.41. The van der Waals surface area contributed by atoms with Gasteiger partial charge in [0.1, 0.15) is 6.04 Å². The molecule has 0 fully saturated rings. The SMILES string of the molecule is Cc1ccncc1NC(=O)NC(CCC(=O)O)C(=O)O. The maximum absolute atomic E-state index is 11.7. The summed E-state index contributed by atoms with van der Waals surface area (Å²) in [5, 5.41) is 22.1. The molecule has 1 rings (SSSR count). The van der Waals surface area contributed by atoms with Crippen LogP contribution >= 0.6 is 0 Å². The first kappa shape index (κ1) is 15.4. The fraction of sp³-hybridized carbons (Fsp3) is 0.333. The lowest BCUT2D eigenvalue weighted by Crippen LogP contribution is -2.43. The molecule has 0 aliphatic carbocycles. The van der Waals surface area contributed by atoms with Gasteiger partial charge in [-0.1, -0.05) is 0 Å². The molecule has 2 amide bonds. The zero-order valence-electron chi connectivity index (χ0n) is 10.8. The first-order chi connectivity index (χ1) is 9.40. The molecule has 0 aliphatic heterocycles. The average Bonchev–Trinajstić information content (AvgIpc) is 2.36. The van der Waals surface area contributed by atoms with Crippen LogP contribution in [0.25, 0.3) is 0 Å². The van der Waals surface area contributed by atoms with E-state index in [4.69, 9.17) is 10.2 Å². The van der Waals surface area contributed by atoms with Crippen LogP contribution in [0.4, 0.5) is 10.5 Å². The lowest BCUT2D eigenvalue weighted by atomic mass is 10.1. The maximum atomic E-state index is 11.7. The summed E-state index contributed by atoms with van der Waals surface area (Å²) in [5.41, 5.74) is 1.22. The first-order valence-electron chi connectivity index (χ1n) is 5.83. The topological polar surface area (TPSA) is 129 Å². The average molecular weight is 281 g/mol. The zero-order valence-corrected chi connectivity index (χ0v) is 10.8. The van der Waals surface area contributed by atoms with E-state index >= 15 is 0 Å². The van der Waals surface area contributed by atoms with Crippen LogP contribution in [0.15, 0.2) is 18.5 Å². The van der Waals surface area contributed by atoms with Crippen molar-refractivity contribution in [2.75, 3.05) is 5.32 Å². The van der Waals surface area contributed by atoms with Gasteiger partial charge in [0.25, 0.3) is 0 Å². The lowest BCUT2D eigenvalue weighted by Gasteiger charge is -2.14. The third kappa shape index (κ3) is 4.92. The van der Waals surface area contributed by atoms with Gasteiger partial charge >= 0.3 is 18.0 Å². The lowest BCUT2D eigenvalue weighted by molar-refractivity contribution is -0.140. The van der Waals surface area contributed by atoms with Gasteiger partial charge in [-0.15, -0.1) is 0 Å². The van der Waals surface area contributed by atoms with Crippen LogP contribution in [-0.4, -0.2) is 39.2 Å². The molecule has 4 N–H and O–H groups in total. The highest BCUT2D eigenvalue weighted by Gasteiger charge is 2.21. The molecule has 0 radical (unpaired) electrons. The molecule has 1 aromatic rings. The molecule has 0 spiro atoms. The second-order valence-corrected chi connectivity index (χ2v) is 4.11. The molecule has 0 saturated carbocycles. The molecule has 0 aromatic carbocycles. The molecule has 8 heteroatoms. The molecule has 1 atom stereocenters. The number of anilines is 1. The van der Waals surface area contributed by atoms with Crippen LogP contribution < -0.4 is 10.6 Å². The van der Waals surface area contributed by atoms with Gasteiger partial charge in [-0.3, -0.25) is 9.78 Å². The summed E-state index contributed by atoms with van der Waals surface area (Å²) < 4.78 is 0. The number of pyridine rings is 1. The molecule has 108 valence electrons. The van der Waals surface area contributed by atoms with Crippen molar-refractivity contribution in [1.29, 1.82) is 0 Å². The minimum Gasteiger partial charge on any atom is -0.481 e. The number of nitrogens with one attached hydrogen (secondary N) is 2. The van der Waals surface area contributed by atoms with E-state index in [1.54, 1.807) is 19.2 Å². The predicted octanol–water partition coefficient (Wildman–Crippen LogP) is 0.830. The number of urea groups is 1. The highest BCUT2D eigenvalue weighted by Crippen LogP contribution is 2.11. The van der Waals surface area contributed by atoms with Crippen molar-refractivity contribution in [3.05, 3.63) is 24.0 Å². The van der Waals surface area contributed by atoms with Crippen molar-refractivity contribution < 1.29 is 24.6 Å². The number of carboxylic acids is 2. The number of aromatic nitrogens is 1. The molecule has 1 unspecified atom stereocenters. The summed E-state index contributed by atoms with van der Waals surface area (Å²) in [6, 6.07) is -0.295. The van der Waals surface area contributed by atoms with Gasteiger partial charge in [-0.2, -0.15) is 0 Å². The van der Waals surface area contributed by atoms with Gasteiger partial charge in [0.05, 0.1) is 11.9 Å². The third-order valence-corrected chi connectivity index (χ3v) is 2.54. The number of carbonyl (C=O) groups excluding carboxylic acids is 1.